The molecule has 5 heteroatoms. The van der Waals surface area contributed by atoms with Crippen molar-refractivity contribution in [3.8, 4) is 0 Å². The summed E-state index contributed by atoms with van der Waals surface area (Å²) >= 11 is 0. The fraction of sp³-hybridized carbons (Fsp3) is 0.438. The number of aryl methyl sites for hydroxylation is 3. The summed E-state index contributed by atoms with van der Waals surface area (Å²) in [5.74, 6) is 1.33. The monoisotopic (exact) mass is 283 g/mol. The Hall–Kier alpha value is -2.17. The van der Waals surface area contributed by atoms with Gasteiger partial charge in [-0.25, -0.2) is 0 Å². The summed E-state index contributed by atoms with van der Waals surface area (Å²) in [4.78, 5) is 18.4. The molecule has 1 aliphatic carbocycles. The minimum atomic E-state index is 0.00644. The van der Waals surface area contributed by atoms with Crippen LogP contribution in [0.1, 0.15) is 41.6 Å². The van der Waals surface area contributed by atoms with Gasteiger partial charge < -0.3 is 9.42 Å². The van der Waals surface area contributed by atoms with Gasteiger partial charge in [0.2, 0.25) is 11.8 Å². The van der Waals surface area contributed by atoms with Crippen LogP contribution < -0.4 is 4.90 Å². The van der Waals surface area contributed by atoms with E-state index >= 15 is 0 Å². The van der Waals surface area contributed by atoms with Gasteiger partial charge in [-0.1, -0.05) is 11.2 Å². The normalized spacial score (nSPS) is 21.1. The molecule has 4 rings (SSSR count). The Kier molecular flexibility index (Phi) is 2.80. The standard InChI is InChI=1S/C16H17N3O2/c1-10-17-16(21-18-10)13-8-15(20)19(9-13)14-6-5-11-3-2-4-12(11)7-14/h5-7,13H,2-4,8-9H2,1H3/t13-/m1/s1. The van der Waals surface area contributed by atoms with E-state index in [1.165, 1.54) is 17.5 Å². The summed E-state index contributed by atoms with van der Waals surface area (Å²) in [5.41, 5.74) is 3.81. The molecule has 1 saturated heterocycles. The quantitative estimate of drug-likeness (QED) is 0.849. The minimum absolute atomic E-state index is 0.00644. The number of rotatable bonds is 2. The van der Waals surface area contributed by atoms with Gasteiger partial charge in [-0.3, -0.25) is 4.79 Å². The zero-order valence-electron chi connectivity index (χ0n) is 12.0. The van der Waals surface area contributed by atoms with E-state index in [0.717, 1.165) is 18.5 Å². The van der Waals surface area contributed by atoms with E-state index in [1.54, 1.807) is 6.92 Å². The van der Waals surface area contributed by atoms with Gasteiger partial charge >= 0.3 is 0 Å². The first kappa shape index (κ1) is 12.6. The first-order valence-electron chi connectivity index (χ1n) is 7.43. The molecule has 2 heterocycles. The SMILES string of the molecule is Cc1noc([C@@H]2CC(=O)N(c3ccc4c(c3)CCC4)C2)n1. The summed E-state index contributed by atoms with van der Waals surface area (Å²) in [7, 11) is 0. The Bertz CT molecular complexity index is 707. The molecule has 0 unspecified atom stereocenters. The maximum atomic E-state index is 12.3. The molecule has 21 heavy (non-hydrogen) atoms. The maximum absolute atomic E-state index is 12.3. The molecule has 2 aliphatic rings. The van der Waals surface area contributed by atoms with E-state index < -0.39 is 0 Å². The predicted octanol–water partition coefficient (Wildman–Crippen LogP) is 2.39. The molecule has 0 radical (unpaired) electrons. The smallest absolute Gasteiger partial charge is 0.232 e. The lowest BCUT2D eigenvalue weighted by Crippen LogP contribution is -2.24. The first-order chi connectivity index (χ1) is 10.2. The van der Waals surface area contributed by atoms with E-state index in [2.05, 4.69) is 28.3 Å². The largest absolute Gasteiger partial charge is 0.339 e. The van der Waals surface area contributed by atoms with Crippen molar-refractivity contribution in [1.82, 2.24) is 10.1 Å². The molecule has 0 N–H and O–H groups in total. The van der Waals surface area contributed by atoms with Gasteiger partial charge in [0, 0.05) is 18.7 Å². The molecule has 2 aromatic rings. The van der Waals surface area contributed by atoms with E-state index in [-0.39, 0.29) is 11.8 Å². The number of fused-ring (bicyclic) bond motifs is 1. The van der Waals surface area contributed by atoms with Crippen molar-refractivity contribution in [3.05, 3.63) is 41.0 Å². The Morgan fingerprint density at radius 1 is 1.29 bits per heavy atom. The van der Waals surface area contributed by atoms with Crippen molar-refractivity contribution in [2.45, 2.75) is 38.5 Å². The summed E-state index contributed by atoms with van der Waals surface area (Å²) < 4.78 is 5.21. The lowest BCUT2D eigenvalue weighted by molar-refractivity contribution is -0.117. The topological polar surface area (TPSA) is 59.2 Å². The van der Waals surface area contributed by atoms with Gasteiger partial charge in [-0.05, 0) is 49.4 Å². The van der Waals surface area contributed by atoms with E-state index in [9.17, 15) is 4.79 Å². The van der Waals surface area contributed by atoms with Gasteiger partial charge in [0.15, 0.2) is 5.82 Å². The Labute approximate surface area is 123 Å². The van der Waals surface area contributed by atoms with Crippen LogP contribution in [0.2, 0.25) is 0 Å². The number of benzene rings is 1. The maximum Gasteiger partial charge on any atom is 0.232 e. The van der Waals surface area contributed by atoms with Crippen LogP contribution in [-0.4, -0.2) is 22.6 Å². The third-order valence-corrected chi connectivity index (χ3v) is 4.41. The second kappa shape index (κ2) is 4.69. The zero-order valence-corrected chi connectivity index (χ0v) is 12.0. The molecular formula is C16H17N3O2. The first-order valence-corrected chi connectivity index (χ1v) is 7.43. The number of carbonyl (C=O) groups is 1. The van der Waals surface area contributed by atoms with Gasteiger partial charge in [0.05, 0.1) is 5.92 Å². The summed E-state index contributed by atoms with van der Waals surface area (Å²) in [6, 6.07) is 6.39. The van der Waals surface area contributed by atoms with Crippen molar-refractivity contribution in [2.24, 2.45) is 0 Å². The van der Waals surface area contributed by atoms with Gasteiger partial charge in [-0.2, -0.15) is 4.98 Å². The predicted molar refractivity (Wildman–Crippen MR) is 77.2 cm³/mol. The highest BCUT2D eigenvalue weighted by Crippen LogP contribution is 2.33. The average Bonchev–Trinajstić information content (AvgIpc) is 3.17. The van der Waals surface area contributed by atoms with Crippen LogP contribution in [0.25, 0.3) is 0 Å². The summed E-state index contributed by atoms with van der Waals surface area (Å²) in [6.45, 7) is 2.42. The van der Waals surface area contributed by atoms with Crippen LogP contribution >= 0.6 is 0 Å². The highest BCUT2D eigenvalue weighted by atomic mass is 16.5. The van der Waals surface area contributed by atoms with Gasteiger partial charge in [0.25, 0.3) is 0 Å². The van der Waals surface area contributed by atoms with Crippen LogP contribution in [0.4, 0.5) is 5.69 Å². The van der Waals surface area contributed by atoms with Crippen LogP contribution in [0, 0.1) is 6.92 Å². The van der Waals surface area contributed by atoms with Crippen molar-refractivity contribution < 1.29 is 9.32 Å². The molecule has 0 spiro atoms. The number of amides is 1. The van der Waals surface area contributed by atoms with Gasteiger partial charge in [0.1, 0.15) is 0 Å². The fourth-order valence-electron chi connectivity index (χ4n) is 3.33. The molecule has 1 fully saturated rings. The molecule has 1 aliphatic heterocycles. The number of hydrogen-bond acceptors (Lipinski definition) is 4. The molecule has 108 valence electrons. The number of hydrogen-bond donors (Lipinski definition) is 0. The van der Waals surface area contributed by atoms with Gasteiger partial charge in [-0.15, -0.1) is 0 Å². The molecule has 1 aromatic heterocycles. The summed E-state index contributed by atoms with van der Waals surface area (Å²) in [5, 5.41) is 3.82. The van der Waals surface area contributed by atoms with Crippen molar-refractivity contribution >= 4 is 11.6 Å². The zero-order chi connectivity index (χ0) is 14.4. The lowest BCUT2D eigenvalue weighted by atomic mass is 10.1. The molecule has 0 saturated carbocycles. The lowest BCUT2D eigenvalue weighted by Gasteiger charge is -2.17. The third kappa shape index (κ3) is 2.13. The van der Waals surface area contributed by atoms with E-state index in [4.69, 9.17) is 4.52 Å². The highest BCUT2D eigenvalue weighted by Gasteiger charge is 2.35. The molecule has 1 atom stereocenters. The second-order valence-electron chi connectivity index (χ2n) is 5.89. The fourth-order valence-corrected chi connectivity index (χ4v) is 3.33. The van der Waals surface area contributed by atoms with Crippen LogP contribution in [0.3, 0.4) is 0 Å². The average molecular weight is 283 g/mol. The van der Waals surface area contributed by atoms with Crippen molar-refractivity contribution in [3.63, 3.8) is 0 Å². The molecular weight excluding hydrogens is 266 g/mol. The van der Waals surface area contributed by atoms with Crippen LogP contribution in [0.15, 0.2) is 22.7 Å². The molecule has 5 nitrogen and oxygen atoms in total. The van der Waals surface area contributed by atoms with E-state index in [1.807, 2.05) is 4.90 Å². The van der Waals surface area contributed by atoms with Crippen LogP contribution in [-0.2, 0) is 17.6 Å². The molecule has 1 amide bonds. The number of carbonyl (C=O) groups excluding carboxylic acids is 1. The van der Waals surface area contributed by atoms with Crippen molar-refractivity contribution in [2.75, 3.05) is 11.4 Å². The Balaban J connectivity index is 1.60. The van der Waals surface area contributed by atoms with Crippen LogP contribution in [0.5, 0.6) is 0 Å². The highest BCUT2D eigenvalue weighted by molar-refractivity contribution is 5.96. The molecule has 0 bridgehead atoms. The Morgan fingerprint density at radius 2 is 2.14 bits per heavy atom. The minimum Gasteiger partial charge on any atom is -0.339 e. The van der Waals surface area contributed by atoms with E-state index in [0.29, 0.717) is 24.7 Å². The summed E-state index contributed by atoms with van der Waals surface area (Å²) in [6.07, 6.45) is 3.94. The van der Waals surface area contributed by atoms with Crippen molar-refractivity contribution in [1.29, 1.82) is 0 Å². The molecule has 1 aromatic carbocycles. The third-order valence-electron chi connectivity index (χ3n) is 4.41. The number of anilines is 1. The second-order valence-corrected chi connectivity index (χ2v) is 5.89. The number of aromatic nitrogens is 2. The Morgan fingerprint density at radius 3 is 2.95 bits per heavy atom. The number of nitrogens with zero attached hydrogens (tertiary/aromatic N) is 3.